The van der Waals surface area contributed by atoms with E-state index in [0.717, 1.165) is 18.6 Å². The zero-order chi connectivity index (χ0) is 12.5. The molecule has 0 bridgehead atoms. The van der Waals surface area contributed by atoms with E-state index in [0.29, 0.717) is 17.6 Å². The normalized spacial score (nSPS) is 40.9. The van der Waals surface area contributed by atoms with Crippen LogP contribution >= 0.6 is 0 Å². The van der Waals surface area contributed by atoms with Gasteiger partial charge in [0.2, 0.25) is 0 Å². The van der Waals surface area contributed by atoms with E-state index < -0.39 is 0 Å². The highest BCUT2D eigenvalue weighted by Crippen LogP contribution is 2.43. The SMILES string of the molecule is CCOC1CC(NC2CCCCC2C)C1(C)C. The van der Waals surface area contributed by atoms with E-state index in [1.54, 1.807) is 0 Å². The van der Waals surface area contributed by atoms with Crippen LogP contribution in [0, 0.1) is 11.3 Å². The summed E-state index contributed by atoms with van der Waals surface area (Å²) < 4.78 is 5.80. The van der Waals surface area contributed by atoms with E-state index in [-0.39, 0.29) is 0 Å². The fourth-order valence-corrected chi connectivity index (χ4v) is 3.47. The first-order chi connectivity index (χ1) is 8.05. The van der Waals surface area contributed by atoms with Crippen molar-refractivity contribution in [2.45, 2.75) is 78.0 Å². The summed E-state index contributed by atoms with van der Waals surface area (Å²) in [5.41, 5.74) is 0.313. The van der Waals surface area contributed by atoms with Crippen molar-refractivity contribution in [3.05, 3.63) is 0 Å². The van der Waals surface area contributed by atoms with Crippen LogP contribution in [0.4, 0.5) is 0 Å². The minimum atomic E-state index is 0.313. The smallest absolute Gasteiger partial charge is 0.0655 e. The van der Waals surface area contributed by atoms with Gasteiger partial charge in [0.25, 0.3) is 0 Å². The van der Waals surface area contributed by atoms with Gasteiger partial charge in [-0.2, -0.15) is 0 Å². The highest BCUT2D eigenvalue weighted by Gasteiger charge is 2.49. The molecule has 0 radical (unpaired) electrons. The first-order valence-electron chi connectivity index (χ1n) is 7.43. The molecule has 2 rings (SSSR count). The van der Waals surface area contributed by atoms with Crippen molar-refractivity contribution in [3.8, 4) is 0 Å². The molecule has 0 saturated heterocycles. The molecule has 2 heteroatoms. The Morgan fingerprint density at radius 2 is 1.94 bits per heavy atom. The van der Waals surface area contributed by atoms with Crippen LogP contribution in [0.2, 0.25) is 0 Å². The summed E-state index contributed by atoms with van der Waals surface area (Å²) in [7, 11) is 0. The third kappa shape index (κ3) is 2.68. The lowest BCUT2D eigenvalue weighted by Gasteiger charge is -2.53. The topological polar surface area (TPSA) is 21.3 Å². The fraction of sp³-hybridized carbons (Fsp3) is 1.00. The van der Waals surface area contributed by atoms with Gasteiger partial charge in [-0.1, -0.05) is 33.6 Å². The summed E-state index contributed by atoms with van der Waals surface area (Å²) in [6, 6.07) is 1.40. The van der Waals surface area contributed by atoms with Gasteiger partial charge in [-0.15, -0.1) is 0 Å². The van der Waals surface area contributed by atoms with Crippen LogP contribution in [0.5, 0.6) is 0 Å². The third-order valence-electron chi connectivity index (χ3n) is 5.07. The Morgan fingerprint density at radius 3 is 2.53 bits per heavy atom. The van der Waals surface area contributed by atoms with Gasteiger partial charge >= 0.3 is 0 Å². The molecule has 4 atom stereocenters. The van der Waals surface area contributed by atoms with Crippen molar-refractivity contribution < 1.29 is 4.74 Å². The fourth-order valence-electron chi connectivity index (χ4n) is 3.47. The van der Waals surface area contributed by atoms with Crippen LogP contribution in [-0.2, 0) is 4.74 Å². The Hall–Kier alpha value is -0.0800. The van der Waals surface area contributed by atoms with Gasteiger partial charge < -0.3 is 10.1 Å². The summed E-state index contributed by atoms with van der Waals surface area (Å²) in [5, 5.41) is 3.90. The molecule has 0 aliphatic heterocycles. The summed E-state index contributed by atoms with van der Waals surface area (Å²) in [5.74, 6) is 0.852. The molecule has 4 unspecified atom stereocenters. The van der Waals surface area contributed by atoms with Crippen molar-refractivity contribution in [2.75, 3.05) is 6.61 Å². The average molecular weight is 239 g/mol. The second kappa shape index (κ2) is 5.27. The minimum Gasteiger partial charge on any atom is -0.378 e. The van der Waals surface area contributed by atoms with Crippen molar-refractivity contribution in [3.63, 3.8) is 0 Å². The van der Waals surface area contributed by atoms with Crippen LogP contribution in [0.25, 0.3) is 0 Å². The lowest BCUT2D eigenvalue weighted by molar-refractivity contribution is -0.118. The van der Waals surface area contributed by atoms with E-state index in [9.17, 15) is 0 Å². The maximum atomic E-state index is 5.80. The first-order valence-corrected chi connectivity index (χ1v) is 7.43. The van der Waals surface area contributed by atoms with Gasteiger partial charge in [0.1, 0.15) is 0 Å². The lowest BCUT2D eigenvalue weighted by Crippen LogP contribution is -2.63. The van der Waals surface area contributed by atoms with Gasteiger partial charge in [0, 0.05) is 24.1 Å². The minimum absolute atomic E-state index is 0.313. The van der Waals surface area contributed by atoms with Gasteiger partial charge in [0.05, 0.1) is 6.10 Å². The molecule has 2 aliphatic rings. The van der Waals surface area contributed by atoms with Crippen LogP contribution in [-0.4, -0.2) is 24.8 Å². The van der Waals surface area contributed by atoms with Crippen molar-refractivity contribution in [1.29, 1.82) is 0 Å². The van der Waals surface area contributed by atoms with Crippen LogP contribution in [0.15, 0.2) is 0 Å². The molecular formula is C15H29NO. The van der Waals surface area contributed by atoms with Gasteiger partial charge in [-0.3, -0.25) is 0 Å². The molecule has 0 amide bonds. The van der Waals surface area contributed by atoms with E-state index >= 15 is 0 Å². The van der Waals surface area contributed by atoms with E-state index in [1.807, 2.05) is 0 Å². The predicted molar refractivity (Wildman–Crippen MR) is 72.2 cm³/mol. The summed E-state index contributed by atoms with van der Waals surface area (Å²) in [4.78, 5) is 0. The monoisotopic (exact) mass is 239 g/mol. The van der Waals surface area contributed by atoms with Crippen molar-refractivity contribution in [2.24, 2.45) is 11.3 Å². The standard InChI is InChI=1S/C15H29NO/c1-5-17-14-10-13(15(14,3)4)16-12-9-7-6-8-11(12)2/h11-14,16H,5-10H2,1-4H3. The lowest BCUT2D eigenvalue weighted by atomic mass is 9.64. The molecule has 2 nitrogen and oxygen atoms in total. The molecule has 100 valence electrons. The Labute approximate surface area is 107 Å². The van der Waals surface area contributed by atoms with Crippen LogP contribution < -0.4 is 5.32 Å². The first kappa shape index (κ1) is 13.4. The molecule has 0 heterocycles. The molecule has 2 aliphatic carbocycles. The quantitative estimate of drug-likeness (QED) is 0.812. The molecule has 2 fully saturated rings. The van der Waals surface area contributed by atoms with Gasteiger partial charge in [-0.25, -0.2) is 0 Å². The second-order valence-electron chi connectivity index (χ2n) is 6.59. The van der Waals surface area contributed by atoms with E-state index in [2.05, 4.69) is 33.0 Å². The largest absolute Gasteiger partial charge is 0.378 e. The molecule has 2 saturated carbocycles. The van der Waals surface area contributed by atoms with E-state index in [1.165, 1.54) is 32.1 Å². The molecular weight excluding hydrogens is 210 g/mol. The Morgan fingerprint density at radius 1 is 1.24 bits per heavy atom. The number of nitrogens with one attached hydrogen (secondary N) is 1. The zero-order valence-electron chi connectivity index (χ0n) is 12.0. The van der Waals surface area contributed by atoms with Crippen LogP contribution in [0.3, 0.4) is 0 Å². The highest BCUT2D eigenvalue weighted by atomic mass is 16.5. The maximum Gasteiger partial charge on any atom is 0.0655 e. The summed E-state index contributed by atoms with van der Waals surface area (Å²) in [6.45, 7) is 10.0. The van der Waals surface area contributed by atoms with Gasteiger partial charge in [-0.05, 0) is 32.1 Å². The second-order valence-corrected chi connectivity index (χ2v) is 6.59. The summed E-state index contributed by atoms with van der Waals surface area (Å²) in [6.07, 6.45) is 7.26. The summed E-state index contributed by atoms with van der Waals surface area (Å²) >= 11 is 0. The molecule has 0 aromatic heterocycles. The molecule has 0 aromatic rings. The Kier molecular flexibility index (Phi) is 4.14. The zero-order valence-corrected chi connectivity index (χ0v) is 12.0. The van der Waals surface area contributed by atoms with Crippen molar-refractivity contribution in [1.82, 2.24) is 5.32 Å². The molecule has 0 aromatic carbocycles. The van der Waals surface area contributed by atoms with E-state index in [4.69, 9.17) is 4.74 Å². The van der Waals surface area contributed by atoms with Crippen LogP contribution in [0.1, 0.15) is 59.8 Å². The number of ether oxygens (including phenoxy) is 1. The number of rotatable bonds is 4. The number of hydrogen-bond donors (Lipinski definition) is 1. The van der Waals surface area contributed by atoms with Gasteiger partial charge in [0.15, 0.2) is 0 Å². The molecule has 17 heavy (non-hydrogen) atoms. The number of hydrogen-bond acceptors (Lipinski definition) is 2. The predicted octanol–water partition coefficient (Wildman–Crippen LogP) is 3.36. The highest BCUT2D eigenvalue weighted by molar-refractivity contribution is 5.04. The average Bonchev–Trinajstić information content (AvgIpc) is 2.30. The Balaban J connectivity index is 1.84. The maximum absolute atomic E-state index is 5.80. The van der Waals surface area contributed by atoms with Crippen molar-refractivity contribution >= 4 is 0 Å². The Bertz CT molecular complexity index is 251. The molecule has 1 N–H and O–H groups in total. The molecule has 0 spiro atoms. The third-order valence-corrected chi connectivity index (χ3v) is 5.07.